The molecule has 4 N–H and O–H groups in total. The van der Waals surface area contributed by atoms with Gasteiger partial charge in [0.1, 0.15) is 6.04 Å². The van der Waals surface area contributed by atoms with Gasteiger partial charge in [0, 0.05) is 5.92 Å². The second-order valence-corrected chi connectivity index (χ2v) is 3.29. The summed E-state index contributed by atoms with van der Waals surface area (Å²) < 4.78 is 0. The van der Waals surface area contributed by atoms with Crippen LogP contribution in [0.5, 0.6) is 0 Å². The number of hydrogen-bond acceptors (Lipinski definition) is 3. The summed E-state index contributed by atoms with van der Waals surface area (Å²) in [6.45, 7) is 3.88. The molecule has 0 aliphatic rings. The highest BCUT2D eigenvalue weighted by atomic mass is 16.4. The van der Waals surface area contributed by atoms with E-state index in [2.05, 4.69) is 5.32 Å². The van der Waals surface area contributed by atoms with E-state index >= 15 is 0 Å². The molecule has 5 nitrogen and oxygen atoms in total. The van der Waals surface area contributed by atoms with Gasteiger partial charge in [0.2, 0.25) is 5.91 Å². The molecule has 0 aliphatic carbocycles. The number of amides is 1. The molecule has 0 saturated carbocycles. The molecule has 0 aromatic carbocycles. The minimum Gasteiger partial charge on any atom is -0.480 e. The third kappa shape index (κ3) is 4.23. The molecule has 0 rings (SSSR count). The second kappa shape index (κ2) is 6.37. The van der Waals surface area contributed by atoms with Crippen LogP contribution < -0.4 is 11.1 Å². The lowest BCUT2D eigenvalue weighted by Gasteiger charge is -2.15. The minimum absolute atomic E-state index is 0.228. The van der Waals surface area contributed by atoms with Gasteiger partial charge in [0.15, 0.2) is 0 Å². The molecule has 0 aliphatic heterocycles. The Labute approximate surface area is 83.7 Å². The maximum absolute atomic E-state index is 11.4. The molecule has 2 atom stereocenters. The van der Waals surface area contributed by atoms with E-state index < -0.39 is 12.0 Å². The van der Waals surface area contributed by atoms with Crippen LogP contribution in [0.25, 0.3) is 0 Å². The molecule has 0 saturated heterocycles. The first-order valence-corrected chi connectivity index (χ1v) is 4.76. The van der Waals surface area contributed by atoms with Crippen LogP contribution in [0.4, 0.5) is 0 Å². The van der Waals surface area contributed by atoms with Crippen molar-refractivity contribution in [1.29, 1.82) is 0 Å². The normalized spacial score (nSPS) is 14.5. The summed E-state index contributed by atoms with van der Waals surface area (Å²) >= 11 is 0. The van der Waals surface area contributed by atoms with Gasteiger partial charge < -0.3 is 16.2 Å². The Morgan fingerprint density at radius 2 is 2.07 bits per heavy atom. The van der Waals surface area contributed by atoms with Gasteiger partial charge in [-0.1, -0.05) is 13.8 Å². The molecule has 0 aromatic rings. The van der Waals surface area contributed by atoms with Crippen LogP contribution in [0, 0.1) is 5.92 Å². The van der Waals surface area contributed by atoms with Crippen LogP contribution in [-0.2, 0) is 9.59 Å². The number of rotatable bonds is 6. The van der Waals surface area contributed by atoms with E-state index in [1.54, 1.807) is 13.8 Å². The number of hydrogen-bond donors (Lipinski definition) is 3. The molecular weight excluding hydrogens is 184 g/mol. The molecule has 14 heavy (non-hydrogen) atoms. The Kier molecular flexibility index (Phi) is 5.87. The van der Waals surface area contributed by atoms with Crippen LogP contribution in [-0.4, -0.2) is 29.6 Å². The molecule has 82 valence electrons. The van der Waals surface area contributed by atoms with Gasteiger partial charge in [0.25, 0.3) is 0 Å². The highest BCUT2D eigenvalue weighted by Gasteiger charge is 2.20. The van der Waals surface area contributed by atoms with Crippen molar-refractivity contribution in [2.24, 2.45) is 11.7 Å². The van der Waals surface area contributed by atoms with E-state index in [-0.39, 0.29) is 11.8 Å². The monoisotopic (exact) mass is 202 g/mol. The average molecular weight is 202 g/mol. The van der Waals surface area contributed by atoms with E-state index in [1.165, 1.54) is 0 Å². The van der Waals surface area contributed by atoms with E-state index in [0.717, 1.165) is 0 Å². The fraction of sp³-hybridized carbons (Fsp3) is 0.778. The SMILES string of the molecule is CCC(NC(=O)C(C)CCN)C(=O)O. The Bertz CT molecular complexity index is 206. The van der Waals surface area contributed by atoms with Gasteiger partial charge in [-0.2, -0.15) is 0 Å². The molecular formula is C9H18N2O3. The van der Waals surface area contributed by atoms with Gasteiger partial charge in [0.05, 0.1) is 0 Å². The Hall–Kier alpha value is -1.10. The summed E-state index contributed by atoms with van der Waals surface area (Å²) in [7, 11) is 0. The topological polar surface area (TPSA) is 92.4 Å². The van der Waals surface area contributed by atoms with Gasteiger partial charge in [-0.3, -0.25) is 4.79 Å². The first-order valence-electron chi connectivity index (χ1n) is 4.76. The predicted molar refractivity (Wildman–Crippen MR) is 52.7 cm³/mol. The lowest BCUT2D eigenvalue weighted by atomic mass is 10.1. The zero-order valence-corrected chi connectivity index (χ0v) is 8.62. The molecule has 1 amide bonds. The van der Waals surface area contributed by atoms with E-state index in [0.29, 0.717) is 19.4 Å². The fourth-order valence-corrected chi connectivity index (χ4v) is 1.03. The molecule has 0 spiro atoms. The molecule has 5 heteroatoms. The quantitative estimate of drug-likeness (QED) is 0.563. The highest BCUT2D eigenvalue weighted by Crippen LogP contribution is 2.01. The standard InChI is InChI=1S/C9H18N2O3/c1-3-7(9(13)14)11-8(12)6(2)4-5-10/h6-7H,3-5,10H2,1-2H3,(H,11,12)(H,13,14). The van der Waals surface area contributed by atoms with E-state index in [9.17, 15) is 9.59 Å². The summed E-state index contributed by atoms with van der Waals surface area (Å²) in [6, 6.07) is -0.789. The largest absolute Gasteiger partial charge is 0.480 e. The van der Waals surface area contributed by atoms with Crippen molar-refractivity contribution < 1.29 is 14.7 Å². The molecule has 0 fully saturated rings. The van der Waals surface area contributed by atoms with Crippen LogP contribution >= 0.6 is 0 Å². The minimum atomic E-state index is -0.999. The number of nitrogens with two attached hydrogens (primary N) is 1. The van der Waals surface area contributed by atoms with Crippen molar-refractivity contribution in [3.63, 3.8) is 0 Å². The zero-order chi connectivity index (χ0) is 11.1. The maximum Gasteiger partial charge on any atom is 0.326 e. The fourth-order valence-electron chi connectivity index (χ4n) is 1.03. The number of carboxylic acids is 1. The van der Waals surface area contributed by atoms with Crippen LogP contribution in [0.15, 0.2) is 0 Å². The molecule has 0 aromatic heterocycles. The smallest absolute Gasteiger partial charge is 0.326 e. The van der Waals surface area contributed by atoms with Crippen molar-refractivity contribution in [3.8, 4) is 0 Å². The molecule has 2 unspecified atom stereocenters. The number of carbonyl (C=O) groups is 2. The van der Waals surface area contributed by atoms with Gasteiger partial charge >= 0.3 is 5.97 Å². The molecule has 0 heterocycles. The van der Waals surface area contributed by atoms with E-state index in [4.69, 9.17) is 10.8 Å². The molecule has 0 radical (unpaired) electrons. The third-order valence-corrected chi connectivity index (χ3v) is 2.07. The maximum atomic E-state index is 11.4. The third-order valence-electron chi connectivity index (χ3n) is 2.07. The number of carboxylic acid groups (broad SMARTS) is 1. The van der Waals surface area contributed by atoms with Crippen LogP contribution in [0.1, 0.15) is 26.7 Å². The number of carbonyl (C=O) groups excluding carboxylic acids is 1. The predicted octanol–water partition coefficient (Wildman–Crippen LogP) is -0.0493. The van der Waals surface area contributed by atoms with Crippen LogP contribution in [0.3, 0.4) is 0 Å². The summed E-state index contributed by atoms with van der Waals surface area (Å²) in [6.07, 6.45) is 0.957. The van der Waals surface area contributed by atoms with Crippen molar-refractivity contribution in [3.05, 3.63) is 0 Å². The van der Waals surface area contributed by atoms with Crippen molar-refractivity contribution >= 4 is 11.9 Å². The summed E-state index contributed by atoms with van der Waals surface area (Å²) in [5, 5.41) is 11.2. The average Bonchev–Trinajstić information content (AvgIpc) is 2.13. The van der Waals surface area contributed by atoms with Gasteiger partial charge in [-0.15, -0.1) is 0 Å². The summed E-state index contributed by atoms with van der Waals surface area (Å²) in [4.78, 5) is 22.0. The van der Waals surface area contributed by atoms with Crippen molar-refractivity contribution in [2.75, 3.05) is 6.54 Å². The Morgan fingerprint density at radius 3 is 2.43 bits per heavy atom. The number of aliphatic carboxylic acids is 1. The van der Waals surface area contributed by atoms with E-state index in [1.807, 2.05) is 0 Å². The van der Waals surface area contributed by atoms with Gasteiger partial charge in [-0.25, -0.2) is 4.79 Å². The zero-order valence-electron chi connectivity index (χ0n) is 8.62. The Balaban J connectivity index is 4.08. The summed E-state index contributed by atoms with van der Waals surface area (Å²) in [5.74, 6) is -1.47. The highest BCUT2D eigenvalue weighted by molar-refractivity contribution is 5.84. The first-order chi connectivity index (χ1) is 6.52. The first kappa shape index (κ1) is 12.9. The van der Waals surface area contributed by atoms with Crippen molar-refractivity contribution in [1.82, 2.24) is 5.32 Å². The van der Waals surface area contributed by atoms with Gasteiger partial charge in [-0.05, 0) is 19.4 Å². The Morgan fingerprint density at radius 1 is 1.50 bits per heavy atom. The molecule has 0 bridgehead atoms. The second-order valence-electron chi connectivity index (χ2n) is 3.29. The summed E-state index contributed by atoms with van der Waals surface area (Å²) in [5.41, 5.74) is 5.29. The van der Waals surface area contributed by atoms with Crippen LogP contribution in [0.2, 0.25) is 0 Å². The van der Waals surface area contributed by atoms with Crippen molar-refractivity contribution in [2.45, 2.75) is 32.7 Å². The lowest BCUT2D eigenvalue weighted by Crippen LogP contribution is -2.43. The number of nitrogens with one attached hydrogen (secondary N) is 1. The lowest BCUT2D eigenvalue weighted by molar-refractivity contribution is -0.142.